The largest absolute Gasteiger partial charge is 0.335 e. The molecule has 2 amide bonds. The van der Waals surface area contributed by atoms with Gasteiger partial charge in [-0.2, -0.15) is 0 Å². The Morgan fingerprint density at radius 2 is 2.04 bits per heavy atom. The minimum Gasteiger partial charge on any atom is -0.335 e. The molecule has 0 spiro atoms. The Morgan fingerprint density at radius 1 is 1.22 bits per heavy atom. The molecule has 3 aromatic rings. The zero-order valence-electron chi connectivity index (χ0n) is 15.4. The molecule has 2 heterocycles. The maximum absolute atomic E-state index is 12.9. The summed E-state index contributed by atoms with van der Waals surface area (Å²) >= 11 is 1.62. The van der Waals surface area contributed by atoms with Gasteiger partial charge in [0.1, 0.15) is 5.01 Å². The molecule has 27 heavy (non-hydrogen) atoms. The SMILES string of the molecule is CCC(=O)N1CCc2cc(C(=O)N(C)Cc3nc4ccccc4s3)ccc21. The normalized spacial score (nSPS) is 13.0. The predicted molar refractivity (Wildman–Crippen MR) is 108 cm³/mol. The van der Waals surface area contributed by atoms with Gasteiger partial charge in [-0.25, -0.2) is 4.98 Å². The van der Waals surface area contributed by atoms with E-state index in [9.17, 15) is 9.59 Å². The van der Waals surface area contributed by atoms with Crippen LogP contribution < -0.4 is 4.90 Å². The number of nitrogens with zero attached hydrogens (tertiary/aromatic N) is 3. The monoisotopic (exact) mass is 379 g/mol. The van der Waals surface area contributed by atoms with Crippen molar-refractivity contribution < 1.29 is 9.59 Å². The maximum atomic E-state index is 12.9. The number of carbonyl (C=O) groups excluding carboxylic acids is 2. The number of hydrogen-bond donors (Lipinski definition) is 0. The predicted octanol–water partition coefficient (Wildman–Crippen LogP) is 3.87. The van der Waals surface area contributed by atoms with Crippen molar-refractivity contribution in [3.05, 3.63) is 58.6 Å². The molecule has 0 fully saturated rings. The van der Waals surface area contributed by atoms with Crippen molar-refractivity contribution >= 4 is 39.1 Å². The van der Waals surface area contributed by atoms with Crippen LogP contribution in [0.5, 0.6) is 0 Å². The lowest BCUT2D eigenvalue weighted by atomic mass is 10.1. The number of benzene rings is 2. The van der Waals surface area contributed by atoms with Gasteiger partial charge >= 0.3 is 0 Å². The second-order valence-corrected chi connectivity index (χ2v) is 7.84. The average Bonchev–Trinajstić information content (AvgIpc) is 3.29. The van der Waals surface area contributed by atoms with Gasteiger partial charge in [-0.1, -0.05) is 19.1 Å². The maximum Gasteiger partial charge on any atom is 0.253 e. The van der Waals surface area contributed by atoms with Crippen LogP contribution in [0.25, 0.3) is 10.2 Å². The van der Waals surface area contributed by atoms with Crippen LogP contribution in [0.15, 0.2) is 42.5 Å². The van der Waals surface area contributed by atoms with E-state index in [0.29, 0.717) is 25.1 Å². The number of carbonyl (C=O) groups is 2. The van der Waals surface area contributed by atoms with Crippen molar-refractivity contribution in [2.75, 3.05) is 18.5 Å². The molecule has 0 N–H and O–H groups in total. The third kappa shape index (κ3) is 3.32. The van der Waals surface area contributed by atoms with Crippen molar-refractivity contribution in [1.29, 1.82) is 0 Å². The number of hydrogen-bond acceptors (Lipinski definition) is 4. The van der Waals surface area contributed by atoms with Gasteiger partial charge in [-0.05, 0) is 42.3 Å². The van der Waals surface area contributed by atoms with Crippen LogP contribution in [0.4, 0.5) is 5.69 Å². The standard InChI is InChI=1S/C21H21N3O2S/c1-3-20(25)24-11-10-14-12-15(8-9-17(14)24)21(26)23(2)13-19-22-16-6-4-5-7-18(16)27-19/h4-9,12H,3,10-11,13H2,1-2H3. The molecule has 1 aliphatic heterocycles. The van der Waals surface area contributed by atoms with E-state index in [0.717, 1.165) is 32.9 Å². The van der Waals surface area contributed by atoms with E-state index in [1.165, 1.54) is 0 Å². The molecule has 0 unspecified atom stereocenters. The van der Waals surface area contributed by atoms with Gasteiger partial charge < -0.3 is 9.80 Å². The molecule has 0 bridgehead atoms. The first kappa shape index (κ1) is 17.7. The highest BCUT2D eigenvalue weighted by Crippen LogP contribution is 2.30. The lowest BCUT2D eigenvalue weighted by molar-refractivity contribution is -0.118. The van der Waals surface area contributed by atoms with Gasteiger partial charge in [-0.3, -0.25) is 9.59 Å². The summed E-state index contributed by atoms with van der Waals surface area (Å²) in [5.41, 5.74) is 3.63. The van der Waals surface area contributed by atoms with Crippen LogP contribution in [0, 0.1) is 0 Å². The molecule has 1 aromatic heterocycles. The van der Waals surface area contributed by atoms with Gasteiger partial charge in [0.25, 0.3) is 5.91 Å². The summed E-state index contributed by atoms with van der Waals surface area (Å²) in [6, 6.07) is 13.6. The first-order chi connectivity index (χ1) is 13.1. The number of anilines is 1. The van der Waals surface area contributed by atoms with Crippen LogP contribution in [-0.4, -0.2) is 35.3 Å². The third-order valence-electron chi connectivity index (χ3n) is 4.88. The smallest absolute Gasteiger partial charge is 0.253 e. The molecule has 4 rings (SSSR count). The fourth-order valence-electron chi connectivity index (χ4n) is 3.47. The second kappa shape index (κ2) is 7.12. The Balaban J connectivity index is 1.51. The van der Waals surface area contributed by atoms with Gasteiger partial charge in [0.2, 0.25) is 5.91 Å². The fraction of sp³-hybridized carbons (Fsp3) is 0.286. The molecule has 0 saturated carbocycles. The Kier molecular flexibility index (Phi) is 4.66. The molecule has 1 aliphatic rings. The summed E-state index contributed by atoms with van der Waals surface area (Å²) < 4.78 is 1.13. The Morgan fingerprint density at radius 3 is 2.81 bits per heavy atom. The summed E-state index contributed by atoms with van der Waals surface area (Å²) in [7, 11) is 1.80. The Hall–Kier alpha value is -2.73. The number of aromatic nitrogens is 1. The fourth-order valence-corrected chi connectivity index (χ4v) is 4.49. The van der Waals surface area contributed by atoms with Gasteiger partial charge in [0, 0.05) is 31.3 Å². The zero-order chi connectivity index (χ0) is 19.0. The third-order valence-corrected chi connectivity index (χ3v) is 5.90. The highest BCUT2D eigenvalue weighted by molar-refractivity contribution is 7.18. The van der Waals surface area contributed by atoms with E-state index in [2.05, 4.69) is 4.98 Å². The van der Waals surface area contributed by atoms with Crippen molar-refractivity contribution in [3.8, 4) is 0 Å². The summed E-state index contributed by atoms with van der Waals surface area (Å²) in [5, 5.41) is 0.924. The minimum atomic E-state index is -0.0303. The molecule has 0 aliphatic carbocycles. The summed E-state index contributed by atoms with van der Waals surface area (Å²) in [6.07, 6.45) is 1.29. The van der Waals surface area contributed by atoms with E-state index in [1.54, 1.807) is 23.3 Å². The lowest BCUT2D eigenvalue weighted by Crippen LogP contribution is -2.28. The first-order valence-corrected chi connectivity index (χ1v) is 9.91. The second-order valence-electron chi connectivity index (χ2n) is 6.73. The van der Waals surface area contributed by atoms with Crippen molar-refractivity contribution in [2.24, 2.45) is 0 Å². The van der Waals surface area contributed by atoms with E-state index >= 15 is 0 Å². The van der Waals surface area contributed by atoms with Gasteiger partial charge in [-0.15, -0.1) is 11.3 Å². The molecule has 0 radical (unpaired) electrons. The molecule has 0 atom stereocenters. The number of para-hydroxylation sites is 1. The number of amides is 2. The number of thiazole rings is 1. The Bertz CT molecular complexity index is 994. The Labute approximate surface area is 162 Å². The molecule has 0 saturated heterocycles. The molecule has 2 aromatic carbocycles. The van der Waals surface area contributed by atoms with E-state index in [-0.39, 0.29) is 11.8 Å². The van der Waals surface area contributed by atoms with E-state index < -0.39 is 0 Å². The topological polar surface area (TPSA) is 53.5 Å². The van der Waals surface area contributed by atoms with Crippen LogP contribution in [0.2, 0.25) is 0 Å². The van der Waals surface area contributed by atoms with Gasteiger partial charge in [0.05, 0.1) is 16.8 Å². The highest BCUT2D eigenvalue weighted by Gasteiger charge is 2.25. The highest BCUT2D eigenvalue weighted by atomic mass is 32.1. The lowest BCUT2D eigenvalue weighted by Gasteiger charge is -2.18. The first-order valence-electron chi connectivity index (χ1n) is 9.10. The molecular formula is C21H21N3O2S. The quantitative estimate of drug-likeness (QED) is 0.691. The van der Waals surface area contributed by atoms with Crippen molar-refractivity contribution in [2.45, 2.75) is 26.3 Å². The van der Waals surface area contributed by atoms with E-state index in [4.69, 9.17) is 0 Å². The van der Waals surface area contributed by atoms with Crippen LogP contribution in [0.3, 0.4) is 0 Å². The summed E-state index contributed by atoms with van der Waals surface area (Å²) in [5.74, 6) is 0.0955. The molecule has 138 valence electrons. The average molecular weight is 379 g/mol. The van der Waals surface area contributed by atoms with Crippen molar-refractivity contribution in [3.63, 3.8) is 0 Å². The molecular weight excluding hydrogens is 358 g/mol. The van der Waals surface area contributed by atoms with Gasteiger partial charge in [0.15, 0.2) is 0 Å². The van der Waals surface area contributed by atoms with Crippen molar-refractivity contribution in [1.82, 2.24) is 9.88 Å². The van der Waals surface area contributed by atoms with Crippen LogP contribution in [-0.2, 0) is 17.8 Å². The number of rotatable bonds is 4. The van der Waals surface area contributed by atoms with Crippen LogP contribution in [0.1, 0.15) is 34.3 Å². The number of fused-ring (bicyclic) bond motifs is 2. The summed E-state index contributed by atoms with van der Waals surface area (Å²) in [6.45, 7) is 3.05. The van der Waals surface area contributed by atoms with Crippen LogP contribution >= 0.6 is 11.3 Å². The zero-order valence-corrected chi connectivity index (χ0v) is 16.3. The summed E-state index contributed by atoms with van der Waals surface area (Å²) in [4.78, 5) is 33.0. The molecule has 5 nitrogen and oxygen atoms in total. The van der Waals surface area contributed by atoms with E-state index in [1.807, 2.05) is 54.3 Å². The molecule has 6 heteroatoms. The minimum absolute atomic E-state index is 0.0303.